The Kier molecular flexibility index (Phi) is 4.35. The highest BCUT2D eigenvalue weighted by Gasteiger charge is 2.36. The highest BCUT2D eigenvalue weighted by Crippen LogP contribution is 2.32. The smallest absolute Gasteiger partial charge is 0.140 e. The van der Waals surface area contributed by atoms with E-state index in [1.807, 2.05) is 6.33 Å². The van der Waals surface area contributed by atoms with Crippen LogP contribution in [-0.2, 0) is 16.7 Å². The highest BCUT2D eigenvalue weighted by atomic mass is 16.5. The van der Waals surface area contributed by atoms with Gasteiger partial charge in [-0.1, -0.05) is 13.8 Å². The van der Waals surface area contributed by atoms with Crippen molar-refractivity contribution in [3.05, 3.63) is 12.2 Å². The van der Waals surface area contributed by atoms with Gasteiger partial charge < -0.3 is 14.2 Å². The molecule has 0 saturated carbocycles. The molecule has 1 aliphatic heterocycles. The maximum absolute atomic E-state index is 5.15. The van der Waals surface area contributed by atoms with Crippen molar-refractivity contribution in [1.29, 1.82) is 0 Å². The van der Waals surface area contributed by atoms with Crippen molar-refractivity contribution in [3.8, 4) is 0 Å². The zero-order valence-electron chi connectivity index (χ0n) is 11.7. The summed E-state index contributed by atoms with van der Waals surface area (Å²) in [6, 6.07) is 0. The summed E-state index contributed by atoms with van der Waals surface area (Å²) in [7, 11) is 1.73. The van der Waals surface area contributed by atoms with Crippen molar-refractivity contribution in [2.24, 2.45) is 0 Å². The Balaban J connectivity index is 2.15. The molecular weight excluding hydrogens is 228 g/mol. The van der Waals surface area contributed by atoms with E-state index in [2.05, 4.69) is 33.5 Å². The van der Waals surface area contributed by atoms with E-state index < -0.39 is 0 Å². The van der Waals surface area contributed by atoms with E-state index in [-0.39, 0.29) is 5.41 Å². The van der Waals surface area contributed by atoms with Crippen LogP contribution in [0.1, 0.15) is 32.5 Å². The van der Waals surface area contributed by atoms with Crippen LogP contribution in [0.25, 0.3) is 0 Å². The quantitative estimate of drug-likeness (QED) is 0.792. The third-order valence-corrected chi connectivity index (χ3v) is 3.91. The van der Waals surface area contributed by atoms with Crippen LogP contribution in [-0.4, -0.2) is 53.0 Å². The Morgan fingerprint density at radius 2 is 2.33 bits per heavy atom. The normalized spacial score (nSPS) is 25.5. The van der Waals surface area contributed by atoms with Crippen molar-refractivity contribution in [1.82, 2.24) is 19.7 Å². The predicted octanol–water partition coefficient (Wildman–Crippen LogP) is 1.30. The summed E-state index contributed by atoms with van der Waals surface area (Å²) in [6.07, 6.45) is 4.25. The molecule has 0 amide bonds. The molecule has 0 aromatic carbocycles. The van der Waals surface area contributed by atoms with Crippen molar-refractivity contribution in [2.45, 2.75) is 38.6 Å². The Bertz CT molecular complexity index is 379. The Hall–Kier alpha value is -0.940. The molecule has 0 N–H and O–H groups in total. The highest BCUT2D eigenvalue weighted by molar-refractivity contribution is 5.09. The van der Waals surface area contributed by atoms with Gasteiger partial charge in [-0.25, -0.2) is 0 Å². The molecule has 5 nitrogen and oxygen atoms in total. The molecule has 1 aromatic rings. The Morgan fingerprint density at radius 1 is 1.50 bits per heavy atom. The first-order valence-electron chi connectivity index (χ1n) is 6.79. The fourth-order valence-electron chi connectivity index (χ4n) is 2.87. The maximum Gasteiger partial charge on any atom is 0.140 e. The van der Waals surface area contributed by atoms with Gasteiger partial charge in [0, 0.05) is 25.6 Å². The summed E-state index contributed by atoms with van der Waals surface area (Å²) < 4.78 is 7.29. The molecule has 0 spiro atoms. The molecule has 0 radical (unpaired) electrons. The first-order chi connectivity index (χ1) is 8.69. The zero-order chi connectivity index (χ0) is 13.0. The summed E-state index contributed by atoms with van der Waals surface area (Å²) in [5, 5.41) is 8.45. The second kappa shape index (κ2) is 5.80. The average Bonchev–Trinajstić information content (AvgIpc) is 2.85. The van der Waals surface area contributed by atoms with Gasteiger partial charge in [-0.05, 0) is 25.9 Å². The fourth-order valence-corrected chi connectivity index (χ4v) is 2.87. The second-order valence-electron chi connectivity index (χ2n) is 5.37. The van der Waals surface area contributed by atoms with Gasteiger partial charge in [0.2, 0.25) is 0 Å². The van der Waals surface area contributed by atoms with Gasteiger partial charge in [-0.15, -0.1) is 10.2 Å². The SMILES string of the molecule is CCN1CCC[C@](C)(c2nncn2CCOC)C1. The summed E-state index contributed by atoms with van der Waals surface area (Å²) in [4.78, 5) is 2.50. The molecule has 0 unspecified atom stereocenters. The lowest BCUT2D eigenvalue weighted by Gasteiger charge is -2.39. The van der Waals surface area contributed by atoms with Crippen LogP contribution in [0.2, 0.25) is 0 Å². The number of methoxy groups -OCH3 is 1. The average molecular weight is 252 g/mol. The lowest BCUT2D eigenvalue weighted by atomic mass is 9.81. The van der Waals surface area contributed by atoms with Gasteiger partial charge in [-0.2, -0.15) is 0 Å². The maximum atomic E-state index is 5.15. The molecule has 5 heteroatoms. The van der Waals surface area contributed by atoms with Gasteiger partial charge in [0.05, 0.1) is 6.61 Å². The van der Waals surface area contributed by atoms with Gasteiger partial charge in [-0.3, -0.25) is 0 Å². The van der Waals surface area contributed by atoms with Crippen LogP contribution in [0.15, 0.2) is 6.33 Å². The zero-order valence-corrected chi connectivity index (χ0v) is 11.7. The number of likely N-dealkylation sites (tertiary alicyclic amines) is 1. The van der Waals surface area contributed by atoms with Gasteiger partial charge in [0.25, 0.3) is 0 Å². The second-order valence-corrected chi connectivity index (χ2v) is 5.37. The summed E-state index contributed by atoms with van der Waals surface area (Å²) in [5.74, 6) is 1.11. The lowest BCUT2D eigenvalue weighted by Crippen LogP contribution is -2.45. The van der Waals surface area contributed by atoms with E-state index in [1.54, 1.807) is 7.11 Å². The number of piperidine rings is 1. The number of likely N-dealkylation sites (N-methyl/N-ethyl adjacent to an activating group) is 1. The first-order valence-corrected chi connectivity index (χ1v) is 6.79. The van der Waals surface area contributed by atoms with E-state index in [4.69, 9.17) is 4.74 Å². The largest absolute Gasteiger partial charge is 0.383 e. The molecular formula is C13H24N4O. The molecule has 1 aliphatic rings. The van der Waals surface area contributed by atoms with Crippen LogP contribution in [0, 0.1) is 0 Å². The van der Waals surface area contributed by atoms with E-state index >= 15 is 0 Å². The summed E-state index contributed by atoms with van der Waals surface area (Å²) >= 11 is 0. The van der Waals surface area contributed by atoms with Gasteiger partial charge in [0.15, 0.2) is 0 Å². The standard InChI is InChI=1S/C13H24N4O/c1-4-16-7-5-6-13(2,10-16)12-15-14-11-17(12)8-9-18-3/h11H,4-10H2,1-3H3/t13-/m0/s1. The third-order valence-electron chi connectivity index (χ3n) is 3.91. The predicted molar refractivity (Wildman–Crippen MR) is 70.6 cm³/mol. The number of nitrogens with zero attached hydrogens (tertiary/aromatic N) is 4. The Morgan fingerprint density at radius 3 is 3.06 bits per heavy atom. The Labute approximate surface area is 109 Å². The number of hydrogen-bond acceptors (Lipinski definition) is 4. The number of aromatic nitrogens is 3. The topological polar surface area (TPSA) is 43.2 Å². The molecule has 102 valence electrons. The van der Waals surface area contributed by atoms with Crippen LogP contribution < -0.4 is 0 Å². The minimum atomic E-state index is 0.124. The number of hydrogen-bond donors (Lipinski definition) is 0. The number of rotatable bonds is 5. The van der Waals surface area contributed by atoms with Crippen molar-refractivity contribution < 1.29 is 4.74 Å². The summed E-state index contributed by atoms with van der Waals surface area (Å²) in [6.45, 7) is 9.47. The van der Waals surface area contributed by atoms with Crippen LogP contribution in [0.3, 0.4) is 0 Å². The minimum absolute atomic E-state index is 0.124. The van der Waals surface area contributed by atoms with Crippen LogP contribution in [0.4, 0.5) is 0 Å². The summed E-state index contributed by atoms with van der Waals surface area (Å²) in [5.41, 5.74) is 0.124. The third kappa shape index (κ3) is 2.72. The molecule has 1 saturated heterocycles. The van der Waals surface area contributed by atoms with Gasteiger partial charge in [0.1, 0.15) is 12.2 Å². The molecule has 1 aromatic heterocycles. The van der Waals surface area contributed by atoms with Crippen molar-refractivity contribution in [2.75, 3.05) is 33.4 Å². The minimum Gasteiger partial charge on any atom is -0.383 e. The number of ether oxygens (including phenoxy) is 1. The van der Waals surface area contributed by atoms with Gasteiger partial charge >= 0.3 is 0 Å². The van der Waals surface area contributed by atoms with E-state index in [0.717, 1.165) is 25.5 Å². The molecule has 1 atom stereocenters. The van der Waals surface area contributed by atoms with E-state index in [0.29, 0.717) is 6.61 Å². The van der Waals surface area contributed by atoms with E-state index in [1.165, 1.54) is 19.4 Å². The molecule has 18 heavy (non-hydrogen) atoms. The molecule has 2 heterocycles. The van der Waals surface area contributed by atoms with E-state index in [9.17, 15) is 0 Å². The van der Waals surface area contributed by atoms with Crippen molar-refractivity contribution in [3.63, 3.8) is 0 Å². The molecule has 1 fully saturated rings. The van der Waals surface area contributed by atoms with Crippen molar-refractivity contribution >= 4 is 0 Å². The lowest BCUT2D eigenvalue weighted by molar-refractivity contribution is 0.149. The van der Waals surface area contributed by atoms with Crippen LogP contribution in [0.5, 0.6) is 0 Å². The first kappa shape index (κ1) is 13.5. The fraction of sp³-hybridized carbons (Fsp3) is 0.846. The molecule has 2 rings (SSSR count). The molecule has 0 aliphatic carbocycles. The monoisotopic (exact) mass is 252 g/mol. The molecule has 0 bridgehead atoms. The van der Waals surface area contributed by atoms with Crippen LogP contribution >= 0.6 is 0 Å².